The van der Waals surface area contributed by atoms with Crippen LogP contribution in [-0.2, 0) is 0 Å². The lowest BCUT2D eigenvalue weighted by Crippen LogP contribution is -2.19. The van der Waals surface area contributed by atoms with Crippen LogP contribution in [0.25, 0.3) is 50.5 Å². The van der Waals surface area contributed by atoms with Crippen molar-refractivity contribution in [2.24, 2.45) is 0 Å². The molecule has 1 aliphatic carbocycles. The number of ether oxygens (including phenoxy) is 1. The van der Waals surface area contributed by atoms with Gasteiger partial charge in [0, 0.05) is 35.9 Å². The van der Waals surface area contributed by atoms with Gasteiger partial charge in [0.15, 0.2) is 17.3 Å². The van der Waals surface area contributed by atoms with E-state index in [1.807, 2.05) is 42.2 Å². The lowest BCUT2D eigenvalue weighted by atomic mass is 9.98. The minimum absolute atomic E-state index is 0.269. The highest BCUT2D eigenvalue weighted by Crippen LogP contribution is 2.31. The van der Waals surface area contributed by atoms with Crippen LogP contribution in [0.4, 0.5) is 0 Å². The maximum Gasteiger partial charge on any atom is 0.166 e. The van der Waals surface area contributed by atoms with Gasteiger partial charge in [-0.15, -0.1) is 0 Å². The number of hydrogen-bond donors (Lipinski definition) is 2. The molecule has 0 bridgehead atoms. The number of aryl methyl sites for hydroxylation is 1. The first-order valence-corrected chi connectivity index (χ1v) is 12.5. The van der Waals surface area contributed by atoms with Crippen LogP contribution in [0.1, 0.15) is 37.8 Å². The minimum Gasteiger partial charge on any atom is -0.489 e. The Labute approximate surface area is 212 Å². The molecular formula is C27H25N9O. The summed E-state index contributed by atoms with van der Waals surface area (Å²) >= 11 is 0. The standard InChI is InChI=1S/C27H25N9O/c1-16-14-36(15-31-16)27-24-22(7-8-29-27)32-26(33-24)23-21-10-18(12-30-25(21)35-34-23)17-9-20(13-28-11-17)37-19-5-3-2-4-6-19/h7-15,19H,2-6H2,1H3,(H,32,33)(H,30,34,35). The average molecular weight is 492 g/mol. The van der Waals surface area contributed by atoms with Gasteiger partial charge in [-0.1, -0.05) is 6.42 Å². The number of aromatic nitrogens is 9. The van der Waals surface area contributed by atoms with Gasteiger partial charge in [-0.3, -0.25) is 14.6 Å². The summed E-state index contributed by atoms with van der Waals surface area (Å²) in [5.74, 6) is 2.14. The van der Waals surface area contributed by atoms with Crippen LogP contribution in [-0.4, -0.2) is 50.8 Å². The Bertz CT molecular complexity index is 1720. The monoisotopic (exact) mass is 491 g/mol. The first-order valence-electron chi connectivity index (χ1n) is 12.5. The van der Waals surface area contributed by atoms with E-state index in [0.29, 0.717) is 23.0 Å². The SMILES string of the molecule is Cc1cn(-c2nccc3[nH]c(-c4n[nH]c5ncc(-c6cncc(OC7CCCCC7)c6)cc45)nc23)cn1. The van der Waals surface area contributed by atoms with Gasteiger partial charge in [0.2, 0.25) is 0 Å². The smallest absolute Gasteiger partial charge is 0.166 e. The Kier molecular flexibility index (Phi) is 5.16. The quantitative estimate of drug-likeness (QED) is 0.341. The molecule has 2 N–H and O–H groups in total. The maximum atomic E-state index is 6.24. The first kappa shape index (κ1) is 21.7. The number of fused-ring (bicyclic) bond motifs is 2. The molecule has 6 aromatic rings. The highest BCUT2D eigenvalue weighted by Gasteiger charge is 2.18. The summed E-state index contributed by atoms with van der Waals surface area (Å²) in [7, 11) is 0. The van der Waals surface area contributed by atoms with Crippen molar-refractivity contribution in [2.75, 3.05) is 0 Å². The fourth-order valence-corrected chi connectivity index (χ4v) is 5.02. The van der Waals surface area contributed by atoms with Crippen molar-refractivity contribution in [1.82, 2.24) is 44.7 Å². The number of pyridine rings is 3. The van der Waals surface area contributed by atoms with Gasteiger partial charge in [-0.2, -0.15) is 5.10 Å². The normalized spacial score (nSPS) is 14.5. The van der Waals surface area contributed by atoms with E-state index in [1.54, 1.807) is 18.7 Å². The molecule has 0 spiro atoms. The van der Waals surface area contributed by atoms with E-state index in [4.69, 9.17) is 9.72 Å². The van der Waals surface area contributed by atoms with E-state index >= 15 is 0 Å². The second-order valence-electron chi connectivity index (χ2n) is 9.52. The van der Waals surface area contributed by atoms with Crippen molar-refractivity contribution < 1.29 is 4.74 Å². The van der Waals surface area contributed by atoms with Crippen LogP contribution in [0.15, 0.2) is 55.5 Å². The van der Waals surface area contributed by atoms with Crippen molar-refractivity contribution in [2.45, 2.75) is 45.1 Å². The van der Waals surface area contributed by atoms with Gasteiger partial charge in [-0.05, 0) is 50.8 Å². The van der Waals surface area contributed by atoms with Crippen LogP contribution in [0.3, 0.4) is 0 Å². The average Bonchev–Trinajstić information content (AvgIpc) is 3.66. The fourth-order valence-electron chi connectivity index (χ4n) is 5.02. The number of H-pyrrole nitrogens is 2. The minimum atomic E-state index is 0.269. The molecule has 0 aliphatic heterocycles. The maximum absolute atomic E-state index is 6.24. The number of nitrogens with zero attached hydrogens (tertiary/aromatic N) is 7. The van der Waals surface area contributed by atoms with Crippen molar-refractivity contribution in [1.29, 1.82) is 0 Å². The Morgan fingerprint density at radius 3 is 2.76 bits per heavy atom. The molecule has 6 aromatic heterocycles. The van der Waals surface area contributed by atoms with Gasteiger partial charge in [-0.25, -0.2) is 19.9 Å². The highest BCUT2D eigenvalue weighted by atomic mass is 16.5. The zero-order valence-electron chi connectivity index (χ0n) is 20.3. The van der Waals surface area contributed by atoms with E-state index in [-0.39, 0.29) is 6.10 Å². The molecule has 0 saturated heterocycles. The van der Waals surface area contributed by atoms with Gasteiger partial charge in [0.1, 0.15) is 23.3 Å². The number of rotatable bonds is 5. The van der Waals surface area contributed by atoms with E-state index in [1.165, 1.54) is 19.3 Å². The molecule has 0 atom stereocenters. The lowest BCUT2D eigenvalue weighted by Gasteiger charge is -2.23. The summed E-state index contributed by atoms with van der Waals surface area (Å²) in [4.78, 5) is 26.2. The van der Waals surface area contributed by atoms with Crippen molar-refractivity contribution in [3.05, 3.63) is 61.2 Å². The van der Waals surface area contributed by atoms with E-state index < -0.39 is 0 Å². The third-order valence-corrected chi connectivity index (χ3v) is 6.88. The van der Waals surface area contributed by atoms with Crippen LogP contribution >= 0.6 is 0 Å². The number of aromatic amines is 2. The van der Waals surface area contributed by atoms with Crippen molar-refractivity contribution >= 4 is 22.1 Å². The largest absolute Gasteiger partial charge is 0.489 e. The predicted molar refractivity (Wildman–Crippen MR) is 139 cm³/mol. The first-order chi connectivity index (χ1) is 18.2. The molecule has 184 valence electrons. The molecule has 0 aromatic carbocycles. The Morgan fingerprint density at radius 2 is 1.89 bits per heavy atom. The van der Waals surface area contributed by atoms with E-state index in [9.17, 15) is 0 Å². The third kappa shape index (κ3) is 4.00. The molecule has 1 saturated carbocycles. The second-order valence-corrected chi connectivity index (χ2v) is 9.52. The van der Waals surface area contributed by atoms with E-state index in [2.05, 4.69) is 41.2 Å². The molecule has 0 amide bonds. The van der Waals surface area contributed by atoms with Crippen LogP contribution in [0.2, 0.25) is 0 Å². The summed E-state index contributed by atoms with van der Waals surface area (Å²) in [6.07, 6.45) is 17.1. The summed E-state index contributed by atoms with van der Waals surface area (Å²) in [6, 6.07) is 6.01. The summed E-state index contributed by atoms with van der Waals surface area (Å²) in [6.45, 7) is 1.94. The predicted octanol–water partition coefficient (Wildman–Crippen LogP) is 5.16. The Balaban J connectivity index is 1.26. The molecule has 37 heavy (non-hydrogen) atoms. The summed E-state index contributed by atoms with van der Waals surface area (Å²) < 4.78 is 8.11. The number of imidazole rings is 2. The zero-order valence-corrected chi connectivity index (χ0v) is 20.3. The summed E-state index contributed by atoms with van der Waals surface area (Å²) in [5.41, 5.74) is 5.77. The zero-order chi connectivity index (χ0) is 24.8. The van der Waals surface area contributed by atoms with Gasteiger partial charge in [0.05, 0.1) is 28.9 Å². The Hall–Kier alpha value is -4.60. The molecule has 1 fully saturated rings. The van der Waals surface area contributed by atoms with Crippen LogP contribution in [0.5, 0.6) is 5.75 Å². The van der Waals surface area contributed by atoms with E-state index in [0.717, 1.165) is 51.8 Å². The van der Waals surface area contributed by atoms with Crippen molar-refractivity contribution in [3.8, 4) is 34.2 Å². The lowest BCUT2D eigenvalue weighted by molar-refractivity contribution is 0.154. The number of nitrogens with one attached hydrogen (secondary N) is 2. The van der Waals surface area contributed by atoms with Crippen molar-refractivity contribution in [3.63, 3.8) is 0 Å². The molecule has 6 heterocycles. The molecule has 0 radical (unpaired) electrons. The Morgan fingerprint density at radius 1 is 1.00 bits per heavy atom. The topological polar surface area (TPSA) is 123 Å². The van der Waals surface area contributed by atoms with Gasteiger partial charge < -0.3 is 9.72 Å². The molecule has 0 unspecified atom stereocenters. The van der Waals surface area contributed by atoms with Crippen LogP contribution < -0.4 is 4.74 Å². The summed E-state index contributed by atoms with van der Waals surface area (Å²) in [5, 5.41) is 8.43. The third-order valence-electron chi connectivity index (χ3n) is 6.88. The second kappa shape index (κ2) is 8.81. The molecule has 1 aliphatic rings. The van der Waals surface area contributed by atoms with Gasteiger partial charge >= 0.3 is 0 Å². The number of hydrogen-bond acceptors (Lipinski definition) is 7. The molecule has 10 nitrogen and oxygen atoms in total. The van der Waals surface area contributed by atoms with Crippen LogP contribution in [0, 0.1) is 6.92 Å². The molecule has 10 heteroatoms. The van der Waals surface area contributed by atoms with Gasteiger partial charge in [0.25, 0.3) is 0 Å². The molecular weight excluding hydrogens is 466 g/mol. The highest BCUT2D eigenvalue weighted by molar-refractivity contribution is 5.94. The fraction of sp³-hybridized carbons (Fsp3) is 0.259. The molecule has 7 rings (SSSR count).